The van der Waals surface area contributed by atoms with E-state index < -0.39 is 0 Å². The summed E-state index contributed by atoms with van der Waals surface area (Å²) in [4.78, 5) is 2.20. The highest BCUT2D eigenvalue weighted by molar-refractivity contribution is 7.15. The molecule has 0 bridgehead atoms. The van der Waals surface area contributed by atoms with Gasteiger partial charge in [-0.1, -0.05) is 32.0 Å². The molecule has 80 valence electrons. The quantitative estimate of drug-likeness (QED) is 0.644. The van der Waals surface area contributed by atoms with E-state index in [2.05, 4.69) is 0 Å². The maximum Gasteiger partial charge on any atom is 0.131 e. The van der Waals surface area contributed by atoms with Gasteiger partial charge in [0.1, 0.15) is 5.82 Å². The van der Waals surface area contributed by atoms with E-state index in [1.807, 2.05) is 39.0 Å². The van der Waals surface area contributed by atoms with Crippen LogP contribution in [0.5, 0.6) is 0 Å². The van der Waals surface area contributed by atoms with Gasteiger partial charge in [0.05, 0.1) is 0 Å². The molecular weight excluding hydrogens is 207 g/mol. The van der Waals surface area contributed by atoms with Crippen molar-refractivity contribution in [3.8, 4) is 10.4 Å². The van der Waals surface area contributed by atoms with Crippen LogP contribution in [0.1, 0.15) is 18.7 Å². The molecule has 0 aliphatic heterocycles. The van der Waals surface area contributed by atoms with E-state index in [0.717, 1.165) is 4.88 Å². The fraction of sp³-hybridized carbons (Fsp3) is 0.231. The van der Waals surface area contributed by atoms with Crippen LogP contribution in [0.25, 0.3) is 10.4 Å². The van der Waals surface area contributed by atoms with Crippen LogP contribution in [-0.4, -0.2) is 0 Å². The normalized spacial score (nSPS) is 9.33. The number of aryl methyl sites for hydroxylation is 1. The Balaban J connectivity index is 0.000000531. The monoisotopic (exact) mass is 222 g/mol. The van der Waals surface area contributed by atoms with Gasteiger partial charge in [0.25, 0.3) is 0 Å². The first kappa shape index (κ1) is 11.9. The largest absolute Gasteiger partial charge is 0.206 e. The molecule has 0 spiro atoms. The lowest BCUT2D eigenvalue weighted by atomic mass is 10.2. The molecule has 0 saturated heterocycles. The van der Waals surface area contributed by atoms with Gasteiger partial charge in [-0.25, -0.2) is 4.39 Å². The fourth-order valence-electron chi connectivity index (χ4n) is 1.24. The van der Waals surface area contributed by atoms with Crippen molar-refractivity contribution in [3.05, 3.63) is 47.1 Å². The van der Waals surface area contributed by atoms with Crippen molar-refractivity contribution < 1.29 is 4.39 Å². The summed E-state index contributed by atoms with van der Waals surface area (Å²) >= 11 is 1.61. The van der Waals surface area contributed by atoms with Crippen molar-refractivity contribution in [2.24, 2.45) is 0 Å². The predicted octanol–water partition coefficient (Wildman–Crippen LogP) is 4.89. The van der Waals surface area contributed by atoms with Gasteiger partial charge in [0, 0.05) is 15.3 Å². The lowest BCUT2D eigenvalue weighted by Gasteiger charge is -1.97. The summed E-state index contributed by atoms with van der Waals surface area (Å²) in [6, 6.07) is 10.8. The lowest BCUT2D eigenvalue weighted by molar-refractivity contribution is 0.631. The number of thiophene rings is 1. The molecule has 15 heavy (non-hydrogen) atoms. The molecule has 0 saturated carbocycles. The Morgan fingerprint density at radius 3 is 2.20 bits per heavy atom. The highest BCUT2D eigenvalue weighted by atomic mass is 32.1. The van der Waals surface area contributed by atoms with Crippen molar-refractivity contribution in [1.29, 1.82) is 0 Å². The molecule has 0 N–H and O–H groups in total. The molecule has 1 aromatic carbocycles. The van der Waals surface area contributed by atoms with Crippen molar-refractivity contribution in [2.75, 3.05) is 0 Å². The van der Waals surface area contributed by atoms with Gasteiger partial charge in [0.2, 0.25) is 0 Å². The fourth-order valence-corrected chi connectivity index (χ4v) is 2.13. The summed E-state index contributed by atoms with van der Waals surface area (Å²) in [5, 5.41) is 0. The molecule has 1 aromatic heterocycles. The first-order valence-corrected chi connectivity index (χ1v) is 5.90. The van der Waals surface area contributed by atoms with Crippen LogP contribution >= 0.6 is 11.3 Å². The standard InChI is InChI=1S/C11H9FS.C2H6/c1-8-6-7-11(13-8)9-4-2-3-5-10(9)12;1-2/h2-7H,1H3;1-2H3. The van der Waals surface area contributed by atoms with E-state index in [-0.39, 0.29) is 5.82 Å². The minimum absolute atomic E-state index is 0.149. The third-order valence-corrected chi connectivity index (χ3v) is 2.91. The summed E-state index contributed by atoms with van der Waals surface area (Å²) < 4.78 is 13.3. The molecule has 0 atom stereocenters. The Hall–Kier alpha value is -1.15. The highest BCUT2D eigenvalue weighted by Gasteiger charge is 2.04. The Morgan fingerprint density at radius 2 is 1.67 bits per heavy atom. The molecule has 0 aliphatic rings. The number of hydrogen-bond donors (Lipinski definition) is 0. The molecule has 0 fully saturated rings. The highest BCUT2D eigenvalue weighted by Crippen LogP contribution is 2.29. The summed E-state index contributed by atoms with van der Waals surface area (Å²) in [7, 11) is 0. The van der Waals surface area contributed by atoms with Crippen LogP contribution in [0.3, 0.4) is 0 Å². The molecular formula is C13H15FS. The van der Waals surface area contributed by atoms with Crippen LogP contribution < -0.4 is 0 Å². The lowest BCUT2D eigenvalue weighted by Crippen LogP contribution is -1.78. The van der Waals surface area contributed by atoms with Gasteiger partial charge in [-0.05, 0) is 25.1 Å². The Morgan fingerprint density at radius 1 is 1.00 bits per heavy atom. The van der Waals surface area contributed by atoms with Crippen molar-refractivity contribution >= 4 is 11.3 Å². The zero-order valence-corrected chi connectivity index (χ0v) is 10.1. The average molecular weight is 222 g/mol. The van der Waals surface area contributed by atoms with Crippen molar-refractivity contribution in [1.82, 2.24) is 0 Å². The van der Waals surface area contributed by atoms with Gasteiger partial charge >= 0.3 is 0 Å². The topological polar surface area (TPSA) is 0 Å². The number of hydrogen-bond acceptors (Lipinski definition) is 1. The molecule has 0 amide bonds. The Kier molecular flexibility index (Phi) is 4.50. The minimum Gasteiger partial charge on any atom is -0.206 e. The summed E-state index contributed by atoms with van der Waals surface area (Å²) in [6.45, 7) is 6.02. The van der Waals surface area contributed by atoms with E-state index in [1.54, 1.807) is 23.5 Å². The zero-order chi connectivity index (χ0) is 11.3. The van der Waals surface area contributed by atoms with Gasteiger partial charge < -0.3 is 0 Å². The van der Waals surface area contributed by atoms with E-state index in [1.165, 1.54) is 10.9 Å². The zero-order valence-electron chi connectivity index (χ0n) is 9.25. The SMILES string of the molecule is CC.Cc1ccc(-c2ccccc2F)s1. The number of halogens is 1. The van der Waals surface area contributed by atoms with Crippen LogP contribution in [-0.2, 0) is 0 Å². The average Bonchev–Trinajstić information content (AvgIpc) is 2.68. The second-order valence-electron chi connectivity index (χ2n) is 2.89. The smallest absolute Gasteiger partial charge is 0.131 e. The molecule has 0 aliphatic carbocycles. The maximum absolute atomic E-state index is 13.3. The molecule has 2 rings (SSSR count). The van der Waals surface area contributed by atoms with Crippen LogP contribution in [0, 0.1) is 12.7 Å². The molecule has 0 nitrogen and oxygen atoms in total. The molecule has 0 radical (unpaired) electrons. The van der Waals surface area contributed by atoms with Crippen LogP contribution in [0.4, 0.5) is 4.39 Å². The summed E-state index contributed by atoms with van der Waals surface area (Å²) in [6.07, 6.45) is 0. The second kappa shape index (κ2) is 5.66. The van der Waals surface area contributed by atoms with Crippen LogP contribution in [0.15, 0.2) is 36.4 Å². The van der Waals surface area contributed by atoms with Crippen molar-refractivity contribution in [2.45, 2.75) is 20.8 Å². The van der Waals surface area contributed by atoms with Gasteiger partial charge in [-0.3, -0.25) is 0 Å². The summed E-state index contributed by atoms with van der Waals surface area (Å²) in [5.74, 6) is -0.149. The Bertz CT molecular complexity index is 418. The van der Waals surface area contributed by atoms with Crippen LogP contribution in [0.2, 0.25) is 0 Å². The third-order valence-electron chi connectivity index (χ3n) is 1.88. The Labute approximate surface area is 94.4 Å². The minimum atomic E-state index is -0.149. The van der Waals surface area contributed by atoms with Gasteiger partial charge in [0.15, 0.2) is 0 Å². The maximum atomic E-state index is 13.3. The molecule has 2 aromatic rings. The first-order valence-electron chi connectivity index (χ1n) is 5.09. The number of benzene rings is 1. The first-order chi connectivity index (χ1) is 7.27. The second-order valence-corrected chi connectivity index (χ2v) is 4.18. The summed E-state index contributed by atoms with van der Waals surface area (Å²) in [5.41, 5.74) is 0.695. The van der Waals surface area contributed by atoms with Gasteiger partial charge in [-0.15, -0.1) is 11.3 Å². The van der Waals surface area contributed by atoms with Gasteiger partial charge in [-0.2, -0.15) is 0 Å². The predicted molar refractivity (Wildman–Crippen MR) is 65.8 cm³/mol. The molecule has 1 heterocycles. The third kappa shape index (κ3) is 2.90. The van der Waals surface area contributed by atoms with E-state index in [0.29, 0.717) is 5.56 Å². The molecule has 2 heteroatoms. The number of rotatable bonds is 1. The molecule has 0 unspecified atom stereocenters. The van der Waals surface area contributed by atoms with E-state index in [4.69, 9.17) is 0 Å². The van der Waals surface area contributed by atoms with E-state index >= 15 is 0 Å². The van der Waals surface area contributed by atoms with Crippen molar-refractivity contribution in [3.63, 3.8) is 0 Å². The van der Waals surface area contributed by atoms with E-state index in [9.17, 15) is 4.39 Å².